The van der Waals surface area contributed by atoms with Crippen LogP contribution in [0.5, 0.6) is 0 Å². The van der Waals surface area contributed by atoms with Crippen LogP contribution in [0.3, 0.4) is 0 Å². The highest BCUT2D eigenvalue weighted by Crippen LogP contribution is 2.42. The normalized spacial score (nSPS) is 51.1. The summed E-state index contributed by atoms with van der Waals surface area (Å²) in [5.74, 6) is -1.66. The van der Waals surface area contributed by atoms with E-state index in [9.17, 15) is 61.0 Å². The molecule has 0 aromatic carbocycles. The largest absolute Gasteiger partial charge is 0.460 e. The van der Waals surface area contributed by atoms with Crippen molar-refractivity contribution < 1.29 is 89.4 Å². The van der Waals surface area contributed by atoms with Gasteiger partial charge in [0.05, 0.1) is 49.1 Å². The Balaban J connectivity index is 1.20. The lowest BCUT2D eigenvalue weighted by Gasteiger charge is -2.49. The lowest BCUT2D eigenvalue weighted by molar-refractivity contribution is -0.381. The topological polar surface area (TPSA) is 299 Å². The van der Waals surface area contributed by atoms with Gasteiger partial charge in [-0.3, -0.25) is 0 Å². The lowest BCUT2D eigenvalue weighted by atomic mass is 9.72. The minimum Gasteiger partial charge on any atom is -0.460 e. The predicted molar refractivity (Wildman–Crippen MR) is 176 cm³/mol. The van der Waals surface area contributed by atoms with Crippen molar-refractivity contribution in [2.75, 3.05) is 13.2 Å². The molecule has 3 saturated heterocycles. The summed E-state index contributed by atoms with van der Waals surface area (Å²) in [5.41, 5.74) is 0. The molecule has 53 heavy (non-hydrogen) atoms. The summed E-state index contributed by atoms with van der Waals surface area (Å²) in [6.45, 7) is -0.959. The van der Waals surface area contributed by atoms with E-state index in [4.69, 9.17) is 28.4 Å². The number of ether oxygens (including phenoxy) is 6. The zero-order valence-electron chi connectivity index (χ0n) is 29.4. The Labute approximate surface area is 306 Å². The SMILES string of the molecule is O=C(C=CC1CCC(O)C(O)C1)OC[C@H]1O[C@@H](OC2CC3C(O)CC(O)CC3[OH+]C2C2CCC(O)C(O)C2)[C@H](O[C@@H]2OC[C@@H](O)[C@H](O)[C@H]2O)[C@@H](O)[C@H]1O. The summed E-state index contributed by atoms with van der Waals surface area (Å²) >= 11 is 0. The van der Waals surface area contributed by atoms with Gasteiger partial charge in [0.2, 0.25) is 0 Å². The highest BCUT2D eigenvalue weighted by atomic mass is 16.8. The van der Waals surface area contributed by atoms with Gasteiger partial charge in [0.25, 0.3) is 0 Å². The number of hydrogen-bond acceptors (Lipinski definition) is 17. The molecule has 0 aromatic heterocycles. The molecule has 3 saturated carbocycles. The number of esters is 1. The molecule has 18 heteroatoms. The maximum absolute atomic E-state index is 12.7. The molecule has 12 N–H and O–H groups in total. The minimum atomic E-state index is -1.79. The van der Waals surface area contributed by atoms with Crippen LogP contribution in [0, 0.1) is 17.8 Å². The van der Waals surface area contributed by atoms with E-state index in [1.54, 1.807) is 6.08 Å². The fourth-order valence-electron chi connectivity index (χ4n) is 8.79. The smallest absolute Gasteiger partial charge is 0.330 e. The van der Waals surface area contributed by atoms with Crippen LogP contribution in [0.25, 0.3) is 0 Å². The molecule has 0 spiro atoms. The Hall–Kier alpha value is -1.43. The summed E-state index contributed by atoms with van der Waals surface area (Å²) in [5, 5.41) is 115. The first-order valence-electron chi connectivity index (χ1n) is 18.8. The van der Waals surface area contributed by atoms with Crippen LogP contribution in [0.4, 0.5) is 0 Å². The molecule has 0 radical (unpaired) electrons. The van der Waals surface area contributed by atoms with Crippen LogP contribution in [0.15, 0.2) is 12.2 Å². The van der Waals surface area contributed by atoms with Gasteiger partial charge < -0.3 is 84.6 Å². The van der Waals surface area contributed by atoms with Crippen molar-refractivity contribution in [1.29, 1.82) is 0 Å². The molecule has 3 aliphatic carbocycles. The first-order chi connectivity index (χ1) is 25.2. The third-order valence-electron chi connectivity index (χ3n) is 12.0. The Morgan fingerprint density at radius 3 is 2.11 bits per heavy atom. The Morgan fingerprint density at radius 1 is 0.679 bits per heavy atom. The van der Waals surface area contributed by atoms with Gasteiger partial charge in [0, 0.05) is 24.8 Å². The quantitative estimate of drug-likeness (QED) is 0.0600. The van der Waals surface area contributed by atoms with Gasteiger partial charge in [0.15, 0.2) is 24.8 Å². The fraction of sp³-hybridized carbons (Fsp3) is 0.914. The lowest BCUT2D eigenvalue weighted by Crippen LogP contribution is -2.65. The maximum atomic E-state index is 12.7. The maximum Gasteiger partial charge on any atom is 0.330 e. The minimum absolute atomic E-state index is 0.134. The van der Waals surface area contributed by atoms with Gasteiger partial charge in [-0.15, -0.1) is 0 Å². The van der Waals surface area contributed by atoms with Crippen molar-refractivity contribution >= 4 is 5.97 Å². The molecule has 0 amide bonds. The van der Waals surface area contributed by atoms with E-state index in [0.717, 1.165) is 0 Å². The second-order valence-corrected chi connectivity index (χ2v) is 15.8. The van der Waals surface area contributed by atoms with E-state index in [-0.39, 0.29) is 37.5 Å². The van der Waals surface area contributed by atoms with Gasteiger partial charge in [-0.25, -0.2) is 4.79 Å². The summed E-state index contributed by atoms with van der Waals surface area (Å²) in [6.07, 6.45) is -16.1. The highest BCUT2D eigenvalue weighted by molar-refractivity contribution is 5.81. The molecular weight excluding hydrogens is 708 g/mol. The summed E-state index contributed by atoms with van der Waals surface area (Å²) in [6, 6.07) is 0. The average molecular weight is 766 g/mol. The molecule has 12 unspecified atom stereocenters. The number of allylic oxidation sites excluding steroid dienone is 1. The van der Waals surface area contributed by atoms with Crippen LogP contribution < -0.4 is 0 Å². The predicted octanol–water partition coefficient (Wildman–Crippen LogP) is -4.41. The van der Waals surface area contributed by atoms with Gasteiger partial charge in [0.1, 0.15) is 55.4 Å². The van der Waals surface area contributed by atoms with E-state index in [2.05, 4.69) is 0 Å². The van der Waals surface area contributed by atoms with Crippen molar-refractivity contribution in [2.24, 2.45) is 17.8 Å². The van der Waals surface area contributed by atoms with Crippen LogP contribution in [-0.2, 0) is 28.5 Å². The molecular formula is C35H57O18+. The number of rotatable bonds is 9. The monoisotopic (exact) mass is 765 g/mol. The van der Waals surface area contributed by atoms with E-state index in [1.807, 2.05) is 0 Å². The highest BCUT2D eigenvalue weighted by Gasteiger charge is 2.56. The first kappa shape index (κ1) is 41.2. The molecule has 0 bridgehead atoms. The summed E-state index contributed by atoms with van der Waals surface area (Å²) in [4.78, 5) is 12.7. The Morgan fingerprint density at radius 2 is 1.40 bits per heavy atom. The number of aliphatic hydroxyl groups excluding tert-OH is 11. The zero-order valence-corrected chi connectivity index (χ0v) is 29.4. The first-order valence-corrected chi connectivity index (χ1v) is 18.8. The van der Waals surface area contributed by atoms with Crippen molar-refractivity contribution in [3.05, 3.63) is 12.2 Å². The van der Waals surface area contributed by atoms with Crippen molar-refractivity contribution in [3.8, 4) is 0 Å². The average Bonchev–Trinajstić information content (AvgIpc) is 3.12. The standard InChI is InChI=1S/C35H56O18/c36-16-9-20(39)17-11-25(32(50-24(17)10-16)15-3-5-19(38)22(41)8-15)51-35-33(53-34-31(47)28(44)23(42)12-49-34)30(46)29(45)26(52-35)13-48-27(43)6-2-14-1-4-18(37)21(40)7-14/h2,6,14-26,28-42,44-47H,1,3-5,7-13H2/p+1/t14?,15?,16?,17?,18?,19?,20?,21?,22?,23-,24?,25?,26-,28+,29+,30+,31-,32?,33-,34+,35-/m1/s1. The fourth-order valence-corrected chi connectivity index (χ4v) is 8.79. The number of hydrogen-bond donors (Lipinski definition) is 11. The second kappa shape index (κ2) is 17.8. The number of carbonyl (C=O) groups excluding carboxylic acids is 1. The third kappa shape index (κ3) is 9.58. The molecule has 6 rings (SSSR count). The molecule has 6 fully saturated rings. The number of fused-ring (bicyclic) bond motifs is 1. The van der Waals surface area contributed by atoms with Crippen molar-refractivity contribution in [3.63, 3.8) is 0 Å². The van der Waals surface area contributed by atoms with E-state index in [1.165, 1.54) is 6.08 Å². The summed E-state index contributed by atoms with van der Waals surface area (Å²) < 4.78 is 34.4. The third-order valence-corrected chi connectivity index (χ3v) is 12.0. The van der Waals surface area contributed by atoms with Crippen LogP contribution >= 0.6 is 0 Å². The van der Waals surface area contributed by atoms with Crippen molar-refractivity contribution in [2.45, 2.75) is 168 Å². The molecule has 3 aliphatic heterocycles. The van der Waals surface area contributed by atoms with E-state index < -0.39 is 135 Å². The molecule has 0 aromatic rings. The van der Waals surface area contributed by atoms with Gasteiger partial charge >= 0.3 is 5.97 Å². The van der Waals surface area contributed by atoms with Crippen LogP contribution in [0.1, 0.15) is 57.8 Å². The van der Waals surface area contributed by atoms with E-state index >= 15 is 0 Å². The van der Waals surface area contributed by atoms with Gasteiger partial charge in [-0.2, -0.15) is 0 Å². The second-order valence-electron chi connectivity index (χ2n) is 15.8. The zero-order chi connectivity index (χ0) is 38.1. The van der Waals surface area contributed by atoms with E-state index in [0.29, 0.717) is 32.1 Å². The Bertz CT molecular complexity index is 1230. The van der Waals surface area contributed by atoms with Crippen LogP contribution in [-0.4, -0.2) is 190 Å². The molecule has 18 nitrogen and oxygen atoms in total. The molecule has 21 atom stereocenters. The molecule has 304 valence electrons. The van der Waals surface area contributed by atoms with Gasteiger partial charge in [-0.1, -0.05) is 6.08 Å². The van der Waals surface area contributed by atoms with Crippen LogP contribution in [0.2, 0.25) is 0 Å². The molecule has 3 heterocycles. The Kier molecular flexibility index (Phi) is 13.8. The molecule has 6 aliphatic rings. The van der Waals surface area contributed by atoms with Gasteiger partial charge in [-0.05, 0) is 50.9 Å². The number of aliphatic hydroxyl groups is 13. The van der Waals surface area contributed by atoms with Crippen molar-refractivity contribution in [1.82, 2.24) is 0 Å². The summed E-state index contributed by atoms with van der Waals surface area (Å²) in [7, 11) is 0. The number of carbonyl (C=O) groups is 1.